The second-order valence-corrected chi connectivity index (χ2v) is 5.24. The number of carbonyl (C=O) groups is 1. The van der Waals surface area contributed by atoms with Gasteiger partial charge in [0.2, 0.25) is 0 Å². The van der Waals surface area contributed by atoms with Crippen molar-refractivity contribution in [2.45, 2.75) is 19.5 Å². The number of thiophene rings is 1. The highest BCUT2D eigenvalue weighted by Gasteiger charge is 2.16. The fourth-order valence-corrected chi connectivity index (χ4v) is 2.43. The minimum atomic E-state index is -0.176. The number of carbonyl (C=O) groups excluding carboxylic acids is 1. The molecule has 1 atom stereocenters. The molecule has 0 aliphatic heterocycles. The van der Waals surface area contributed by atoms with Crippen LogP contribution >= 0.6 is 11.3 Å². The molecule has 0 aliphatic carbocycles. The number of aromatic nitrogens is 3. The van der Waals surface area contributed by atoms with Crippen LogP contribution in [0.4, 0.5) is 4.79 Å². The summed E-state index contributed by atoms with van der Waals surface area (Å²) in [5.41, 5.74) is 1.13. The number of amides is 2. The lowest BCUT2D eigenvalue weighted by atomic mass is 10.3. The quantitative estimate of drug-likeness (QED) is 0.928. The van der Waals surface area contributed by atoms with Crippen LogP contribution in [0.5, 0.6) is 0 Å². The highest BCUT2D eigenvalue weighted by molar-refractivity contribution is 7.07. The fourth-order valence-electron chi connectivity index (χ4n) is 1.77. The maximum atomic E-state index is 12.0. The molecule has 6 nitrogen and oxygen atoms in total. The van der Waals surface area contributed by atoms with E-state index in [1.807, 2.05) is 30.8 Å². The average molecular weight is 279 g/mol. The Bertz CT molecular complexity index is 536. The number of rotatable bonds is 4. The Hall–Kier alpha value is -1.89. The number of aryl methyl sites for hydroxylation is 1. The second-order valence-electron chi connectivity index (χ2n) is 4.46. The van der Waals surface area contributed by atoms with E-state index in [0.717, 1.165) is 11.4 Å². The first-order valence-electron chi connectivity index (χ1n) is 5.94. The lowest BCUT2D eigenvalue weighted by molar-refractivity contribution is 0.203. The molecule has 0 saturated carbocycles. The normalized spacial score (nSPS) is 12.2. The molecule has 102 valence electrons. The summed E-state index contributed by atoms with van der Waals surface area (Å²) in [5.74, 6) is 0.734. The summed E-state index contributed by atoms with van der Waals surface area (Å²) in [7, 11) is 3.63. The van der Waals surface area contributed by atoms with E-state index in [1.54, 1.807) is 34.2 Å². The zero-order valence-electron chi connectivity index (χ0n) is 11.2. The highest BCUT2D eigenvalue weighted by Crippen LogP contribution is 2.10. The molecular weight excluding hydrogens is 262 g/mol. The average Bonchev–Trinajstić information content (AvgIpc) is 3.00. The zero-order valence-corrected chi connectivity index (χ0v) is 12.0. The molecule has 0 saturated heterocycles. The lowest BCUT2D eigenvalue weighted by Gasteiger charge is -2.20. The van der Waals surface area contributed by atoms with Crippen molar-refractivity contribution >= 4 is 17.4 Å². The largest absolute Gasteiger partial charge is 0.328 e. The van der Waals surface area contributed by atoms with Crippen LogP contribution in [-0.2, 0) is 13.6 Å². The summed E-state index contributed by atoms with van der Waals surface area (Å²) >= 11 is 1.63. The van der Waals surface area contributed by atoms with Crippen molar-refractivity contribution in [2.75, 3.05) is 7.05 Å². The SMILES string of the molecule is C[C@H](NC(=O)N(C)Cc1ccsc1)c1nncn1C. The van der Waals surface area contributed by atoms with Crippen molar-refractivity contribution in [2.24, 2.45) is 7.05 Å². The number of nitrogens with one attached hydrogen (secondary N) is 1. The summed E-state index contributed by atoms with van der Waals surface area (Å²) < 4.78 is 1.80. The Morgan fingerprint density at radius 2 is 2.42 bits per heavy atom. The molecule has 0 radical (unpaired) electrons. The van der Waals surface area contributed by atoms with Gasteiger partial charge in [-0.05, 0) is 29.3 Å². The number of urea groups is 1. The topological polar surface area (TPSA) is 63.1 Å². The van der Waals surface area contributed by atoms with Gasteiger partial charge in [0.15, 0.2) is 5.82 Å². The molecule has 2 aromatic rings. The first kappa shape index (κ1) is 13.5. The van der Waals surface area contributed by atoms with Crippen molar-refractivity contribution in [3.05, 3.63) is 34.5 Å². The minimum absolute atomic E-state index is 0.123. The zero-order chi connectivity index (χ0) is 13.8. The molecule has 2 amide bonds. The predicted molar refractivity (Wildman–Crippen MR) is 73.7 cm³/mol. The molecule has 0 unspecified atom stereocenters. The van der Waals surface area contributed by atoms with Crippen LogP contribution in [0.15, 0.2) is 23.2 Å². The van der Waals surface area contributed by atoms with Crippen LogP contribution in [0.1, 0.15) is 24.4 Å². The van der Waals surface area contributed by atoms with Crippen LogP contribution < -0.4 is 5.32 Å². The van der Waals surface area contributed by atoms with E-state index in [2.05, 4.69) is 15.5 Å². The van der Waals surface area contributed by atoms with Gasteiger partial charge in [-0.2, -0.15) is 11.3 Å². The summed E-state index contributed by atoms with van der Waals surface area (Å²) in [6.07, 6.45) is 1.62. The van der Waals surface area contributed by atoms with Gasteiger partial charge >= 0.3 is 6.03 Å². The lowest BCUT2D eigenvalue weighted by Crippen LogP contribution is -2.38. The number of nitrogens with zero attached hydrogens (tertiary/aromatic N) is 4. The van der Waals surface area contributed by atoms with Crippen LogP contribution in [0.25, 0.3) is 0 Å². The Kier molecular flexibility index (Phi) is 4.16. The summed E-state index contributed by atoms with van der Waals surface area (Å²) in [6, 6.07) is 1.72. The monoisotopic (exact) mass is 279 g/mol. The molecule has 2 heterocycles. The fraction of sp³-hybridized carbons (Fsp3) is 0.417. The van der Waals surface area contributed by atoms with Gasteiger partial charge in [0, 0.05) is 20.6 Å². The molecule has 2 rings (SSSR count). The highest BCUT2D eigenvalue weighted by atomic mass is 32.1. The third-order valence-electron chi connectivity index (χ3n) is 2.82. The summed E-state index contributed by atoms with van der Waals surface area (Å²) in [6.45, 7) is 2.49. The summed E-state index contributed by atoms with van der Waals surface area (Å²) in [5, 5.41) is 14.7. The minimum Gasteiger partial charge on any atom is -0.328 e. The third kappa shape index (κ3) is 3.31. The Labute approximate surface area is 116 Å². The Morgan fingerprint density at radius 1 is 1.63 bits per heavy atom. The third-order valence-corrected chi connectivity index (χ3v) is 3.55. The van der Waals surface area contributed by atoms with Gasteiger partial charge in [0.1, 0.15) is 6.33 Å². The molecule has 0 aromatic carbocycles. The van der Waals surface area contributed by atoms with Crippen molar-refractivity contribution in [1.29, 1.82) is 0 Å². The van der Waals surface area contributed by atoms with E-state index in [-0.39, 0.29) is 12.1 Å². The maximum Gasteiger partial charge on any atom is 0.318 e. The van der Waals surface area contributed by atoms with Crippen molar-refractivity contribution in [3.8, 4) is 0 Å². The molecule has 7 heteroatoms. The van der Waals surface area contributed by atoms with Gasteiger partial charge in [-0.3, -0.25) is 0 Å². The van der Waals surface area contributed by atoms with E-state index in [4.69, 9.17) is 0 Å². The molecule has 19 heavy (non-hydrogen) atoms. The van der Waals surface area contributed by atoms with Crippen LogP contribution in [-0.4, -0.2) is 32.7 Å². The molecule has 0 aliphatic rings. The maximum absolute atomic E-state index is 12.0. The van der Waals surface area contributed by atoms with Gasteiger partial charge in [0.05, 0.1) is 6.04 Å². The van der Waals surface area contributed by atoms with Gasteiger partial charge in [0.25, 0.3) is 0 Å². The van der Waals surface area contributed by atoms with Crippen LogP contribution in [0.2, 0.25) is 0 Å². The molecular formula is C12H17N5OS. The van der Waals surface area contributed by atoms with Crippen molar-refractivity contribution in [1.82, 2.24) is 25.0 Å². The van der Waals surface area contributed by atoms with E-state index in [9.17, 15) is 4.79 Å². The molecule has 0 fully saturated rings. The van der Waals surface area contributed by atoms with E-state index < -0.39 is 0 Å². The Balaban J connectivity index is 1.92. The smallest absolute Gasteiger partial charge is 0.318 e. The van der Waals surface area contributed by atoms with Crippen molar-refractivity contribution in [3.63, 3.8) is 0 Å². The summed E-state index contributed by atoms with van der Waals surface area (Å²) in [4.78, 5) is 13.7. The molecule has 0 spiro atoms. The van der Waals surface area contributed by atoms with E-state index >= 15 is 0 Å². The number of hydrogen-bond donors (Lipinski definition) is 1. The van der Waals surface area contributed by atoms with Gasteiger partial charge < -0.3 is 14.8 Å². The van der Waals surface area contributed by atoms with Gasteiger partial charge in [-0.25, -0.2) is 4.79 Å². The first-order chi connectivity index (χ1) is 9.08. The van der Waals surface area contributed by atoms with Crippen LogP contribution in [0.3, 0.4) is 0 Å². The van der Waals surface area contributed by atoms with Gasteiger partial charge in [-0.1, -0.05) is 0 Å². The first-order valence-corrected chi connectivity index (χ1v) is 6.89. The molecule has 0 bridgehead atoms. The van der Waals surface area contributed by atoms with E-state index in [0.29, 0.717) is 6.54 Å². The second kappa shape index (κ2) is 5.83. The Morgan fingerprint density at radius 3 is 3.00 bits per heavy atom. The molecule has 2 aromatic heterocycles. The number of hydrogen-bond acceptors (Lipinski definition) is 4. The van der Waals surface area contributed by atoms with Crippen LogP contribution in [0, 0.1) is 0 Å². The predicted octanol–water partition coefficient (Wildman–Crippen LogP) is 1.78. The van der Waals surface area contributed by atoms with E-state index in [1.165, 1.54) is 0 Å². The van der Waals surface area contributed by atoms with Crippen molar-refractivity contribution < 1.29 is 4.79 Å². The standard InChI is InChI=1S/C12H17N5OS/c1-9(11-15-13-8-17(11)3)14-12(18)16(2)6-10-4-5-19-7-10/h4-5,7-9H,6H2,1-3H3,(H,14,18)/t9-/m0/s1. The van der Waals surface area contributed by atoms with Gasteiger partial charge in [-0.15, -0.1) is 10.2 Å². The molecule has 1 N–H and O–H groups in total.